The minimum atomic E-state index is -1.59. The number of halogens is 4. The van der Waals surface area contributed by atoms with Gasteiger partial charge >= 0.3 is 0 Å². The first-order valence-corrected chi connectivity index (χ1v) is 10.1. The summed E-state index contributed by atoms with van der Waals surface area (Å²) in [4.78, 5) is 14.6. The van der Waals surface area contributed by atoms with Crippen molar-refractivity contribution < 1.29 is 18.0 Å². The number of amides is 1. The number of nitrogens with zero attached hydrogens (tertiary/aromatic N) is 1. The summed E-state index contributed by atoms with van der Waals surface area (Å²) in [5, 5.41) is 2.62. The lowest BCUT2D eigenvalue weighted by Crippen LogP contribution is -2.29. The molecule has 1 saturated carbocycles. The first kappa shape index (κ1) is 23.6. The molecule has 3 rings (SSSR count). The van der Waals surface area contributed by atoms with E-state index in [0.717, 1.165) is 6.04 Å². The lowest BCUT2D eigenvalue weighted by Gasteiger charge is -2.27. The molecular formula is C21H24ClF3N2OS. The van der Waals surface area contributed by atoms with E-state index >= 15 is 0 Å². The molecule has 1 N–H and O–H groups in total. The van der Waals surface area contributed by atoms with Crippen molar-refractivity contribution in [2.45, 2.75) is 43.0 Å². The number of carbonyl (C=O) groups excluding carboxylic acids is 1. The fourth-order valence-corrected chi connectivity index (χ4v) is 3.41. The summed E-state index contributed by atoms with van der Waals surface area (Å²) >= 11 is 9.81. The molecule has 1 aliphatic rings. The number of benzene rings is 2. The van der Waals surface area contributed by atoms with Gasteiger partial charge in [0.05, 0.1) is 5.02 Å². The molecule has 0 heterocycles. The van der Waals surface area contributed by atoms with Gasteiger partial charge in [-0.25, -0.2) is 13.2 Å². The highest BCUT2D eigenvalue weighted by atomic mass is 35.5. The summed E-state index contributed by atoms with van der Waals surface area (Å²) in [5.74, 6) is -4.98. The van der Waals surface area contributed by atoms with Crippen LogP contribution in [0.3, 0.4) is 0 Å². The maximum Gasteiger partial charge on any atom is 0.255 e. The molecule has 8 heteroatoms. The zero-order chi connectivity index (χ0) is 21.6. The SMILES string of the molecule is CN(C)C1CCCCC1.O=C(Nc1cc(F)c(F)c(F)c1)c1ccc(Cl)c(S)c1. The Labute approximate surface area is 179 Å². The summed E-state index contributed by atoms with van der Waals surface area (Å²) < 4.78 is 38.8. The van der Waals surface area contributed by atoms with Crippen LogP contribution < -0.4 is 5.32 Å². The van der Waals surface area contributed by atoms with Crippen molar-refractivity contribution in [3.63, 3.8) is 0 Å². The summed E-state index contributed by atoms with van der Waals surface area (Å²) in [6.45, 7) is 0. The average Bonchev–Trinajstić information content (AvgIpc) is 2.69. The molecule has 0 spiro atoms. The third kappa shape index (κ3) is 6.94. The van der Waals surface area contributed by atoms with Gasteiger partial charge < -0.3 is 10.2 Å². The van der Waals surface area contributed by atoms with Crippen LogP contribution >= 0.6 is 24.2 Å². The largest absolute Gasteiger partial charge is 0.322 e. The van der Waals surface area contributed by atoms with Crippen LogP contribution in [0.1, 0.15) is 42.5 Å². The van der Waals surface area contributed by atoms with E-state index in [0.29, 0.717) is 22.1 Å². The van der Waals surface area contributed by atoms with Gasteiger partial charge in [0, 0.05) is 34.3 Å². The average molecular weight is 445 g/mol. The second-order valence-electron chi connectivity index (χ2n) is 7.13. The number of hydrogen-bond donors (Lipinski definition) is 2. The predicted octanol–water partition coefficient (Wildman–Crippen LogP) is 6.18. The number of hydrogen-bond acceptors (Lipinski definition) is 3. The Bertz CT molecular complexity index is 835. The molecule has 2 aromatic carbocycles. The minimum absolute atomic E-state index is 0.193. The van der Waals surface area contributed by atoms with Crippen molar-refractivity contribution in [2.24, 2.45) is 0 Å². The van der Waals surface area contributed by atoms with Crippen molar-refractivity contribution in [1.29, 1.82) is 0 Å². The molecule has 0 aliphatic heterocycles. The van der Waals surface area contributed by atoms with Crippen molar-refractivity contribution in [3.05, 3.63) is 58.4 Å². The molecule has 0 atom stereocenters. The first-order chi connectivity index (χ1) is 13.7. The molecular weight excluding hydrogens is 421 g/mol. The molecule has 3 nitrogen and oxygen atoms in total. The van der Waals surface area contributed by atoms with Gasteiger partial charge in [0.2, 0.25) is 0 Å². The van der Waals surface area contributed by atoms with Gasteiger partial charge in [-0.1, -0.05) is 30.9 Å². The van der Waals surface area contributed by atoms with E-state index < -0.39 is 23.4 Å². The number of thiol groups is 1. The van der Waals surface area contributed by atoms with E-state index in [-0.39, 0.29) is 11.3 Å². The number of nitrogens with one attached hydrogen (secondary N) is 1. The highest BCUT2D eigenvalue weighted by molar-refractivity contribution is 7.80. The maximum atomic E-state index is 13.0. The standard InChI is InChI=1S/C13H7ClF3NOS.C8H17N/c14-8-2-1-6(3-11(8)20)13(19)18-7-4-9(15)12(17)10(16)5-7;1-9(2)8-6-4-3-5-7-8/h1-5,20H,(H,18,19);8H,3-7H2,1-2H3. The van der Waals surface area contributed by atoms with Crippen LogP contribution in [0.15, 0.2) is 35.2 Å². The molecule has 29 heavy (non-hydrogen) atoms. The summed E-state index contributed by atoms with van der Waals surface area (Å²) in [7, 11) is 4.38. The van der Waals surface area contributed by atoms with Gasteiger partial charge in [-0.3, -0.25) is 4.79 Å². The van der Waals surface area contributed by atoms with Crippen molar-refractivity contribution in [3.8, 4) is 0 Å². The van der Waals surface area contributed by atoms with Crippen LogP contribution in [0, 0.1) is 17.5 Å². The van der Waals surface area contributed by atoms with E-state index in [2.05, 4.69) is 36.9 Å². The van der Waals surface area contributed by atoms with Crippen LogP contribution in [0.25, 0.3) is 0 Å². The summed E-state index contributed by atoms with van der Waals surface area (Å²) in [5.41, 5.74) is 0.00612. The van der Waals surface area contributed by atoms with E-state index in [1.54, 1.807) is 0 Å². The van der Waals surface area contributed by atoms with Gasteiger partial charge in [0.15, 0.2) is 17.5 Å². The molecule has 0 saturated heterocycles. The predicted molar refractivity (Wildman–Crippen MR) is 114 cm³/mol. The van der Waals surface area contributed by atoms with Gasteiger partial charge in [-0.2, -0.15) is 0 Å². The Morgan fingerprint density at radius 2 is 1.66 bits per heavy atom. The molecule has 2 aromatic rings. The van der Waals surface area contributed by atoms with Gasteiger partial charge in [0.1, 0.15) is 0 Å². The maximum absolute atomic E-state index is 13.0. The van der Waals surface area contributed by atoms with Crippen molar-refractivity contribution in [1.82, 2.24) is 4.90 Å². The molecule has 1 fully saturated rings. The van der Waals surface area contributed by atoms with Crippen molar-refractivity contribution >= 4 is 35.8 Å². The van der Waals surface area contributed by atoms with Gasteiger partial charge in [0.25, 0.3) is 5.91 Å². The normalized spacial score (nSPS) is 14.3. The molecule has 0 radical (unpaired) electrons. The molecule has 0 unspecified atom stereocenters. The molecule has 0 bridgehead atoms. The van der Waals surface area contributed by atoms with Gasteiger partial charge in [-0.15, -0.1) is 12.6 Å². The molecule has 158 valence electrons. The molecule has 1 aliphatic carbocycles. The minimum Gasteiger partial charge on any atom is -0.322 e. The Morgan fingerprint density at radius 1 is 1.07 bits per heavy atom. The van der Waals surface area contributed by atoms with Crippen LogP contribution in [0.5, 0.6) is 0 Å². The van der Waals surface area contributed by atoms with Crippen LogP contribution in [0.2, 0.25) is 5.02 Å². The summed E-state index contributed by atoms with van der Waals surface area (Å²) in [6, 6.07) is 6.55. The fraction of sp³-hybridized carbons (Fsp3) is 0.381. The highest BCUT2D eigenvalue weighted by Crippen LogP contribution is 2.23. The zero-order valence-electron chi connectivity index (χ0n) is 16.3. The second-order valence-corrected chi connectivity index (χ2v) is 8.02. The van der Waals surface area contributed by atoms with Crippen molar-refractivity contribution in [2.75, 3.05) is 19.4 Å². The smallest absolute Gasteiger partial charge is 0.255 e. The van der Waals surface area contributed by atoms with Gasteiger partial charge in [-0.05, 0) is 45.1 Å². The zero-order valence-corrected chi connectivity index (χ0v) is 18.0. The Kier molecular flexibility index (Phi) is 8.86. The number of carbonyl (C=O) groups is 1. The third-order valence-corrected chi connectivity index (χ3v) is 5.59. The lowest BCUT2D eigenvalue weighted by molar-refractivity contribution is 0.102. The Balaban J connectivity index is 0.000000278. The third-order valence-electron chi connectivity index (χ3n) is 4.76. The number of anilines is 1. The van der Waals surface area contributed by atoms with E-state index in [1.807, 2.05) is 0 Å². The Hall–Kier alpha value is -1.70. The molecule has 1 amide bonds. The van der Waals surface area contributed by atoms with E-state index in [1.165, 1.54) is 50.3 Å². The monoisotopic (exact) mass is 444 g/mol. The fourth-order valence-electron chi connectivity index (χ4n) is 3.08. The Morgan fingerprint density at radius 3 is 2.14 bits per heavy atom. The summed E-state index contributed by atoms with van der Waals surface area (Å²) in [6.07, 6.45) is 7.20. The first-order valence-electron chi connectivity index (χ1n) is 9.30. The van der Waals surface area contributed by atoms with E-state index in [9.17, 15) is 18.0 Å². The second kappa shape index (κ2) is 10.9. The quantitative estimate of drug-likeness (QED) is 0.437. The van der Waals surface area contributed by atoms with Crippen LogP contribution in [-0.2, 0) is 0 Å². The highest BCUT2D eigenvalue weighted by Gasteiger charge is 2.14. The van der Waals surface area contributed by atoms with E-state index in [4.69, 9.17) is 11.6 Å². The topological polar surface area (TPSA) is 32.3 Å². The lowest BCUT2D eigenvalue weighted by atomic mass is 9.95. The van der Waals surface area contributed by atoms with Crippen LogP contribution in [0.4, 0.5) is 18.9 Å². The molecule has 0 aromatic heterocycles. The van der Waals surface area contributed by atoms with Crippen LogP contribution in [-0.4, -0.2) is 30.9 Å². The number of rotatable bonds is 3.